The highest BCUT2D eigenvalue weighted by molar-refractivity contribution is 5.00. The fraction of sp³-hybridized carbons (Fsp3) is 1.00. The Morgan fingerprint density at radius 2 is 1.70 bits per heavy atom. The lowest BCUT2D eigenvalue weighted by molar-refractivity contribution is 0.0301. The van der Waals surface area contributed by atoms with Crippen molar-refractivity contribution in [2.45, 2.75) is 57.7 Å². The molecular weight excluding hydrogens is 252 g/mol. The zero-order valence-electron chi connectivity index (χ0n) is 12.9. The van der Waals surface area contributed by atoms with Gasteiger partial charge < -0.3 is 14.9 Å². The number of fused-ring (bicyclic) bond motifs is 3. The summed E-state index contributed by atoms with van der Waals surface area (Å²) in [7, 11) is 1.81. The minimum atomic E-state index is -0.217. The van der Waals surface area contributed by atoms with Crippen LogP contribution in [0.3, 0.4) is 0 Å². The van der Waals surface area contributed by atoms with Gasteiger partial charge in [-0.05, 0) is 67.6 Å². The molecule has 2 unspecified atom stereocenters. The summed E-state index contributed by atoms with van der Waals surface area (Å²) in [5.41, 5.74) is 0. The van der Waals surface area contributed by atoms with Gasteiger partial charge in [0.25, 0.3) is 0 Å². The summed E-state index contributed by atoms with van der Waals surface area (Å²) >= 11 is 0. The van der Waals surface area contributed by atoms with E-state index in [1.807, 2.05) is 0 Å². The van der Waals surface area contributed by atoms with Gasteiger partial charge in [0.05, 0.1) is 12.2 Å². The molecule has 0 heterocycles. The largest absolute Gasteiger partial charge is 0.393 e. The Labute approximate surface area is 122 Å². The smallest absolute Gasteiger partial charge is 0.0597 e. The summed E-state index contributed by atoms with van der Waals surface area (Å²) in [4.78, 5) is 0. The second-order valence-corrected chi connectivity index (χ2v) is 7.63. The number of hydrogen-bond acceptors (Lipinski definition) is 3. The summed E-state index contributed by atoms with van der Waals surface area (Å²) in [5.74, 6) is 3.27. The molecule has 3 aliphatic carbocycles. The highest BCUT2D eigenvalue weighted by Crippen LogP contribution is 2.53. The Kier molecular flexibility index (Phi) is 4.40. The van der Waals surface area contributed by atoms with Crippen LogP contribution in [0, 0.1) is 35.5 Å². The molecule has 0 aliphatic heterocycles. The third kappa shape index (κ3) is 2.53. The molecule has 2 N–H and O–H groups in total. The highest BCUT2D eigenvalue weighted by atomic mass is 16.5. The SMILES string of the molecule is COC[C@H]1CCCC2[C@@H]1C[C@@H](C)[C@H](O)[C@H]1CC(O)C[C@@H]21. The van der Waals surface area contributed by atoms with E-state index in [1.165, 1.54) is 19.3 Å². The van der Waals surface area contributed by atoms with Crippen LogP contribution in [-0.4, -0.2) is 36.1 Å². The molecule has 20 heavy (non-hydrogen) atoms. The first kappa shape index (κ1) is 14.8. The number of ether oxygens (including phenoxy) is 1. The van der Waals surface area contributed by atoms with E-state index >= 15 is 0 Å². The molecule has 0 saturated heterocycles. The van der Waals surface area contributed by atoms with Crippen LogP contribution in [-0.2, 0) is 4.74 Å². The van der Waals surface area contributed by atoms with Crippen molar-refractivity contribution in [2.24, 2.45) is 35.5 Å². The van der Waals surface area contributed by atoms with Gasteiger partial charge in [-0.25, -0.2) is 0 Å². The van der Waals surface area contributed by atoms with Crippen LogP contribution in [0.1, 0.15) is 45.4 Å². The average Bonchev–Trinajstić information content (AvgIpc) is 2.77. The normalized spacial score (nSPS) is 52.2. The maximum atomic E-state index is 10.7. The van der Waals surface area contributed by atoms with Crippen LogP contribution in [0.2, 0.25) is 0 Å². The van der Waals surface area contributed by atoms with Crippen LogP contribution in [0.5, 0.6) is 0 Å². The minimum absolute atomic E-state index is 0.187. The maximum absolute atomic E-state index is 10.7. The fourth-order valence-corrected chi connectivity index (χ4v) is 5.66. The van der Waals surface area contributed by atoms with Crippen LogP contribution < -0.4 is 0 Å². The Morgan fingerprint density at radius 1 is 0.950 bits per heavy atom. The van der Waals surface area contributed by atoms with E-state index in [-0.39, 0.29) is 12.2 Å². The minimum Gasteiger partial charge on any atom is -0.393 e. The topological polar surface area (TPSA) is 49.7 Å². The van der Waals surface area contributed by atoms with Gasteiger partial charge in [0.2, 0.25) is 0 Å². The maximum Gasteiger partial charge on any atom is 0.0597 e. The first-order chi connectivity index (χ1) is 9.61. The van der Waals surface area contributed by atoms with Crippen molar-refractivity contribution in [3.8, 4) is 0 Å². The summed E-state index contributed by atoms with van der Waals surface area (Å²) in [6.07, 6.45) is 6.32. The molecule has 0 spiro atoms. The average molecular weight is 282 g/mol. The lowest BCUT2D eigenvalue weighted by Crippen LogP contribution is -2.35. The molecule has 116 valence electrons. The lowest BCUT2D eigenvalue weighted by atomic mass is 9.65. The van der Waals surface area contributed by atoms with E-state index in [0.717, 1.165) is 25.9 Å². The third-order valence-corrected chi connectivity index (χ3v) is 6.50. The van der Waals surface area contributed by atoms with Gasteiger partial charge >= 0.3 is 0 Å². The monoisotopic (exact) mass is 282 g/mol. The predicted octanol–water partition coefficient (Wildman–Crippen LogP) is 2.45. The lowest BCUT2D eigenvalue weighted by Gasteiger charge is -2.41. The van der Waals surface area contributed by atoms with Crippen molar-refractivity contribution in [3.63, 3.8) is 0 Å². The van der Waals surface area contributed by atoms with Crippen molar-refractivity contribution >= 4 is 0 Å². The number of hydrogen-bond donors (Lipinski definition) is 2. The molecule has 3 aliphatic rings. The molecule has 3 fully saturated rings. The number of aliphatic hydroxyl groups is 2. The molecule has 3 rings (SSSR count). The van der Waals surface area contributed by atoms with Gasteiger partial charge in [-0.15, -0.1) is 0 Å². The molecule has 0 aromatic heterocycles. The van der Waals surface area contributed by atoms with E-state index < -0.39 is 0 Å². The molecule has 0 bridgehead atoms. The molecule has 3 saturated carbocycles. The van der Waals surface area contributed by atoms with E-state index in [1.54, 1.807) is 7.11 Å². The Bertz CT molecular complexity index is 330. The summed E-state index contributed by atoms with van der Waals surface area (Å²) in [6, 6.07) is 0. The zero-order valence-corrected chi connectivity index (χ0v) is 12.9. The van der Waals surface area contributed by atoms with Gasteiger partial charge in [-0.1, -0.05) is 13.3 Å². The molecule has 0 radical (unpaired) electrons. The van der Waals surface area contributed by atoms with E-state index in [4.69, 9.17) is 4.74 Å². The Hall–Kier alpha value is -0.120. The standard InChI is InChI=1S/C17H30O3/c1-10-6-14-11(9-20-2)4-3-5-13(14)15-7-12(18)8-16(15)17(10)19/h10-19H,3-9H2,1-2H3/t10-,11-,12?,13?,14-,15+,16+,17+/m1/s1. The Balaban J connectivity index is 1.85. The number of methoxy groups -OCH3 is 1. The zero-order chi connectivity index (χ0) is 14.3. The van der Waals surface area contributed by atoms with Gasteiger partial charge in [-0.2, -0.15) is 0 Å². The molecule has 3 heteroatoms. The van der Waals surface area contributed by atoms with Gasteiger partial charge in [0.1, 0.15) is 0 Å². The predicted molar refractivity (Wildman–Crippen MR) is 78.2 cm³/mol. The van der Waals surface area contributed by atoms with E-state index in [0.29, 0.717) is 35.5 Å². The Morgan fingerprint density at radius 3 is 2.45 bits per heavy atom. The molecule has 0 aromatic rings. The van der Waals surface area contributed by atoms with Crippen molar-refractivity contribution in [1.29, 1.82) is 0 Å². The third-order valence-electron chi connectivity index (χ3n) is 6.50. The molecule has 8 atom stereocenters. The van der Waals surface area contributed by atoms with Crippen LogP contribution >= 0.6 is 0 Å². The van der Waals surface area contributed by atoms with Gasteiger partial charge in [0, 0.05) is 13.7 Å². The van der Waals surface area contributed by atoms with Gasteiger partial charge in [-0.3, -0.25) is 0 Å². The second-order valence-electron chi connectivity index (χ2n) is 7.63. The van der Waals surface area contributed by atoms with Crippen LogP contribution in [0.4, 0.5) is 0 Å². The highest BCUT2D eigenvalue weighted by Gasteiger charge is 2.50. The summed E-state index contributed by atoms with van der Waals surface area (Å²) in [6.45, 7) is 3.07. The van der Waals surface area contributed by atoms with Crippen molar-refractivity contribution < 1.29 is 14.9 Å². The van der Waals surface area contributed by atoms with Crippen molar-refractivity contribution in [2.75, 3.05) is 13.7 Å². The molecule has 3 nitrogen and oxygen atoms in total. The van der Waals surface area contributed by atoms with E-state index in [2.05, 4.69) is 6.92 Å². The first-order valence-electron chi connectivity index (χ1n) is 8.46. The first-order valence-corrected chi connectivity index (χ1v) is 8.46. The van der Waals surface area contributed by atoms with Crippen LogP contribution in [0.25, 0.3) is 0 Å². The molecule has 0 amide bonds. The van der Waals surface area contributed by atoms with Crippen molar-refractivity contribution in [3.05, 3.63) is 0 Å². The molecular formula is C17H30O3. The fourth-order valence-electron chi connectivity index (χ4n) is 5.66. The van der Waals surface area contributed by atoms with Crippen LogP contribution in [0.15, 0.2) is 0 Å². The molecule has 0 aromatic carbocycles. The van der Waals surface area contributed by atoms with Gasteiger partial charge in [0.15, 0.2) is 0 Å². The second kappa shape index (κ2) is 5.94. The summed E-state index contributed by atoms with van der Waals surface area (Å²) < 4.78 is 5.45. The quantitative estimate of drug-likeness (QED) is 0.818. The number of aliphatic hydroxyl groups excluding tert-OH is 2. The number of rotatable bonds is 2. The van der Waals surface area contributed by atoms with E-state index in [9.17, 15) is 10.2 Å². The summed E-state index contributed by atoms with van der Waals surface area (Å²) in [5, 5.41) is 20.7. The van der Waals surface area contributed by atoms with Crippen molar-refractivity contribution in [1.82, 2.24) is 0 Å².